The third kappa shape index (κ3) is 1.92. The minimum absolute atomic E-state index is 0.512. The lowest BCUT2D eigenvalue weighted by Crippen LogP contribution is -1.72. The Hall–Kier alpha value is -1.10. The molecule has 0 radical (unpaired) electrons. The van der Waals surface area contributed by atoms with Gasteiger partial charge in [0.1, 0.15) is 5.82 Å². The van der Waals surface area contributed by atoms with E-state index in [0.29, 0.717) is 10.0 Å². The summed E-state index contributed by atoms with van der Waals surface area (Å²) in [6, 6.07) is 3.54. The van der Waals surface area contributed by atoms with Gasteiger partial charge in [0.05, 0.1) is 31.0 Å². The second kappa shape index (κ2) is 3.98. The van der Waals surface area contributed by atoms with Crippen molar-refractivity contribution in [3.05, 3.63) is 33.4 Å². The van der Waals surface area contributed by atoms with Crippen molar-refractivity contribution >= 4 is 45.6 Å². The number of fused-ring (bicyclic) bond motifs is 1. The molecule has 3 nitrogen and oxygen atoms in total. The molecule has 0 saturated carbocycles. The van der Waals surface area contributed by atoms with Crippen LogP contribution < -0.4 is 0 Å². The predicted molar refractivity (Wildman–Crippen MR) is 72.0 cm³/mol. The fraction of sp³-hybridized carbons (Fsp3) is 0.0909. The SMILES string of the molecule is Cc1ncc(-c2nc3cc(Cl)c(Cl)cc3[nH]2)s1. The van der Waals surface area contributed by atoms with Crippen LogP contribution in [0.15, 0.2) is 18.3 Å². The van der Waals surface area contributed by atoms with Crippen molar-refractivity contribution in [3.63, 3.8) is 0 Å². The molecule has 86 valence electrons. The van der Waals surface area contributed by atoms with Gasteiger partial charge in [-0.05, 0) is 19.1 Å². The van der Waals surface area contributed by atoms with E-state index in [4.69, 9.17) is 23.2 Å². The minimum atomic E-state index is 0.512. The number of hydrogen-bond acceptors (Lipinski definition) is 3. The van der Waals surface area contributed by atoms with Crippen LogP contribution in [0.3, 0.4) is 0 Å². The fourth-order valence-corrected chi connectivity index (χ4v) is 2.64. The largest absolute Gasteiger partial charge is 0.337 e. The monoisotopic (exact) mass is 283 g/mol. The molecule has 1 aromatic carbocycles. The summed E-state index contributed by atoms with van der Waals surface area (Å²) in [5.74, 6) is 0.795. The Morgan fingerprint density at radius 1 is 1.24 bits per heavy atom. The quantitative estimate of drug-likeness (QED) is 0.723. The van der Waals surface area contributed by atoms with E-state index in [1.807, 2.05) is 6.92 Å². The summed E-state index contributed by atoms with van der Waals surface area (Å²) in [5, 5.41) is 2.05. The van der Waals surface area contributed by atoms with Gasteiger partial charge in [-0.2, -0.15) is 0 Å². The predicted octanol–water partition coefficient (Wildman–Crippen LogP) is 4.30. The van der Waals surface area contributed by atoms with E-state index >= 15 is 0 Å². The van der Waals surface area contributed by atoms with Crippen LogP contribution in [0.25, 0.3) is 21.7 Å². The summed E-state index contributed by atoms with van der Waals surface area (Å²) >= 11 is 13.5. The number of aromatic nitrogens is 3. The van der Waals surface area contributed by atoms with Crippen LogP contribution >= 0.6 is 34.5 Å². The molecule has 0 saturated heterocycles. The highest BCUT2D eigenvalue weighted by Gasteiger charge is 2.09. The number of aromatic amines is 1. The molecule has 0 aliphatic carbocycles. The summed E-state index contributed by atoms with van der Waals surface area (Å²) in [5.41, 5.74) is 1.68. The summed E-state index contributed by atoms with van der Waals surface area (Å²) < 4.78 is 0. The highest BCUT2D eigenvalue weighted by atomic mass is 35.5. The number of nitrogens with one attached hydrogen (secondary N) is 1. The van der Waals surface area contributed by atoms with E-state index in [1.165, 1.54) is 0 Å². The summed E-state index contributed by atoms with van der Waals surface area (Å²) in [6.45, 7) is 1.96. The number of aryl methyl sites for hydroxylation is 1. The van der Waals surface area contributed by atoms with Gasteiger partial charge < -0.3 is 4.98 Å². The maximum absolute atomic E-state index is 5.96. The lowest BCUT2D eigenvalue weighted by molar-refractivity contribution is 1.28. The Balaban J connectivity index is 2.19. The summed E-state index contributed by atoms with van der Waals surface area (Å²) in [4.78, 5) is 12.9. The van der Waals surface area contributed by atoms with E-state index in [0.717, 1.165) is 26.7 Å². The molecule has 0 amide bonds. The van der Waals surface area contributed by atoms with Gasteiger partial charge in [0.15, 0.2) is 0 Å². The molecule has 0 unspecified atom stereocenters. The first-order chi connectivity index (χ1) is 8.13. The molecular formula is C11H7Cl2N3S. The second-order valence-electron chi connectivity index (χ2n) is 3.61. The maximum Gasteiger partial charge on any atom is 0.150 e. The Labute approximate surface area is 111 Å². The van der Waals surface area contributed by atoms with Crippen molar-refractivity contribution in [2.45, 2.75) is 6.92 Å². The Morgan fingerprint density at radius 2 is 2.00 bits per heavy atom. The van der Waals surface area contributed by atoms with E-state index in [-0.39, 0.29) is 0 Å². The van der Waals surface area contributed by atoms with Crippen LogP contribution in [-0.2, 0) is 0 Å². The lowest BCUT2D eigenvalue weighted by atomic mass is 10.3. The van der Waals surface area contributed by atoms with Crippen molar-refractivity contribution in [3.8, 4) is 10.7 Å². The molecule has 1 N–H and O–H groups in total. The van der Waals surface area contributed by atoms with Gasteiger partial charge in [-0.15, -0.1) is 11.3 Å². The number of benzene rings is 1. The van der Waals surface area contributed by atoms with Crippen molar-refractivity contribution in [2.24, 2.45) is 0 Å². The molecule has 6 heteroatoms. The summed E-state index contributed by atoms with van der Waals surface area (Å²) in [7, 11) is 0. The van der Waals surface area contributed by atoms with Crippen LogP contribution in [0, 0.1) is 6.92 Å². The zero-order chi connectivity index (χ0) is 12.0. The molecule has 0 aliphatic rings. The van der Waals surface area contributed by atoms with Crippen LogP contribution in [0.1, 0.15) is 5.01 Å². The number of hydrogen-bond donors (Lipinski definition) is 1. The molecule has 3 rings (SSSR count). The molecule has 0 aliphatic heterocycles. The molecule has 0 fully saturated rings. The van der Waals surface area contributed by atoms with Crippen molar-refractivity contribution < 1.29 is 0 Å². The third-order valence-electron chi connectivity index (χ3n) is 2.38. The van der Waals surface area contributed by atoms with Crippen molar-refractivity contribution in [1.29, 1.82) is 0 Å². The van der Waals surface area contributed by atoms with Gasteiger partial charge in [-0.3, -0.25) is 0 Å². The number of rotatable bonds is 1. The molecule has 0 atom stereocenters. The smallest absolute Gasteiger partial charge is 0.150 e. The molecular weight excluding hydrogens is 277 g/mol. The van der Waals surface area contributed by atoms with E-state index in [1.54, 1.807) is 29.7 Å². The highest BCUT2D eigenvalue weighted by Crippen LogP contribution is 2.30. The third-order valence-corrected chi connectivity index (χ3v) is 4.02. The topological polar surface area (TPSA) is 41.6 Å². The lowest BCUT2D eigenvalue weighted by Gasteiger charge is -1.93. The van der Waals surface area contributed by atoms with Gasteiger partial charge >= 0.3 is 0 Å². The van der Waals surface area contributed by atoms with Crippen molar-refractivity contribution in [1.82, 2.24) is 15.0 Å². The molecule has 3 aromatic rings. The van der Waals surface area contributed by atoms with Crippen LogP contribution in [0.4, 0.5) is 0 Å². The standard InChI is InChI=1S/C11H7Cl2N3S/c1-5-14-4-10(17-5)11-15-8-2-6(12)7(13)3-9(8)16-11/h2-4H,1H3,(H,15,16). The first kappa shape index (κ1) is 11.0. The molecule has 2 aromatic heterocycles. The highest BCUT2D eigenvalue weighted by molar-refractivity contribution is 7.14. The molecule has 17 heavy (non-hydrogen) atoms. The first-order valence-corrected chi connectivity index (χ1v) is 6.48. The number of H-pyrrole nitrogens is 1. The average Bonchev–Trinajstić information content (AvgIpc) is 2.85. The first-order valence-electron chi connectivity index (χ1n) is 4.91. The van der Waals surface area contributed by atoms with Crippen LogP contribution in [0.2, 0.25) is 10.0 Å². The Bertz CT molecular complexity index is 663. The minimum Gasteiger partial charge on any atom is -0.337 e. The molecule has 0 spiro atoms. The number of thiazole rings is 1. The Kier molecular flexibility index (Phi) is 2.58. The van der Waals surface area contributed by atoms with E-state index in [2.05, 4.69) is 15.0 Å². The number of imidazole rings is 1. The molecule has 2 heterocycles. The maximum atomic E-state index is 5.96. The zero-order valence-corrected chi connectivity index (χ0v) is 11.1. The van der Waals surface area contributed by atoms with E-state index in [9.17, 15) is 0 Å². The van der Waals surface area contributed by atoms with Gasteiger partial charge in [-0.25, -0.2) is 9.97 Å². The zero-order valence-electron chi connectivity index (χ0n) is 8.79. The fourth-order valence-electron chi connectivity index (χ4n) is 1.59. The van der Waals surface area contributed by atoms with Gasteiger partial charge in [-0.1, -0.05) is 23.2 Å². The van der Waals surface area contributed by atoms with Crippen LogP contribution in [0.5, 0.6) is 0 Å². The summed E-state index contributed by atoms with van der Waals surface area (Å²) in [6.07, 6.45) is 1.81. The average molecular weight is 284 g/mol. The number of halogens is 2. The van der Waals surface area contributed by atoms with Crippen LogP contribution in [-0.4, -0.2) is 15.0 Å². The van der Waals surface area contributed by atoms with Gasteiger partial charge in [0.2, 0.25) is 0 Å². The molecule has 0 bridgehead atoms. The number of nitrogens with zero attached hydrogens (tertiary/aromatic N) is 2. The Morgan fingerprint density at radius 3 is 2.71 bits per heavy atom. The van der Waals surface area contributed by atoms with Gasteiger partial charge in [0, 0.05) is 6.20 Å². The van der Waals surface area contributed by atoms with Gasteiger partial charge in [0.25, 0.3) is 0 Å². The van der Waals surface area contributed by atoms with Crippen molar-refractivity contribution in [2.75, 3.05) is 0 Å². The normalized spacial score (nSPS) is 11.2. The van der Waals surface area contributed by atoms with E-state index < -0.39 is 0 Å². The second-order valence-corrected chi connectivity index (χ2v) is 5.66.